The van der Waals surface area contributed by atoms with Crippen molar-refractivity contribution in [3.05, 3.63) is 108 Å². The van der Waals surface area contributed by atoms with Gasteiger partial charge in [-0.1, -0.05) is 102 Å². The molecule has 0 radical (unpaired) electrons. The monoisotopic (exact) mass is 393 g/mol. The largest absolute Gasteiger partial charge is 0.299 e. The van der Waals surface area contributed by atoms with E-state index in [2.05, 4.69) is 0 Å². The lowest BCUT2D eigenvalue weighted by Crippen LogP contribution is -2.68. The molecule has 0 saturated carbocycles. The van der Waals surface area contributed by atoms with Gasteiger partial charge in [-0.3, -0.25) is 9.69 Å². The molecule has 0 aliphatic carbocycles. The highest BCUT2D eigenvalue weighted by Gasteiger charge is 2.58. The van der Waals surface area contributed by atoms with Crippen molar-refractivity contribution >= 4 is 40.4 Å². The van der Waals surface area contributed by atoms with E-state index in [0.29, 0.717) is 0 Å². The molecule has 4 heteroatoms. The van der Waals surface area contributed by atoms with Gasteiger partial charge in [-0.2, -0.15) is 0 Å². The lowest BCUT2D eigenvalue weighted by atomic mass is 9.90. The molecule has 4 rings (SSSR count). The van der Waals surface area contributed by atoms with Gasteiger partial charge >= 0.3 is 0 Å². The summed E-state index contributed by atoms with van der Waals surface area (Å²) in [7, 11) is 0. The van der Waals surface area contributed by atoms with Crippen LogP contribution in [0.15, 0.2) is 97.1 Å². The summed E-state index contributed by atoms with van der Waals surface area (Å²) in [4.78, 5) is 14.2. The second-order valence-corrected chi connectivity index (χ2v) is 7.78. The molecule has 27 heavy (non-hydrogen) atoms. The second kappa shape index (κ2) is 7.22. The Bertz CT molecular complexity index is 928. The third kappa shape index (κ3) is 3.27. The van der Waals surface area contributed by atoms with E-state index in [1.54, 1.807) is 4.90 Å². The summed E-state index contributed by atoms with van der Waals surface area (Å²) in [5, 5.41) is 0. The quantitative estimate of drug-likeness (QED) is 0.410. The molecule has 3 aromatic carbocycles. The van der Waals surface area contributed by atoms with E-state index in [0.717, 1.165) is 22.4 Å². The molecule has 1 saturated heterocycles. The third-order valence-corrected chi connectivity index (χ3v) is 5.45. The minimum Gasteiger partial charge on any atom is -0.299 e. The van der Waals surface area contributed by atoms with E-state index >= 15 is 0 Å². The van der Waals surface area contributed by atoms with Crippen LogP contribution in [0.25, 0.3) is 5.57 Å². The molecular weight excluding hydrogens is 377 g/mol. The van der Waals surface area contributed by atoms with Gasteiger partial charge in [-0.25, -0.2) is 0 Å². The summed E-state index contributed by atoms with van der Waals surface area (Å²) < 4.78 is -1.48. The van der Waals surface area contributed by atoms with Crippen LogP contribution in [0.3, 0.4) is 0 Å². The van der Waals surface area contributed by atoms with E-state index in [4.69, 9.17) is 23.2 Å². The number of carbonyl (C=O) groups excluding carboxylic acids is 1. The SMILES string of the molecule is O=C1N(c2ccccc2)C(C=C(c2ccccc2)c2ccccc2)C1(Cl)Cl. The number of hydrogen-bond donors (Lipinski definition) is 0. The Morgan fingerprint density at radius 3 is 1.70 bits per heavy atom. The van der Waals surface area contributed by atoms with Gasteiger partial charge in [0.1, 0.15) is 0 Å². The van der Waals surface area contributed by atoms with Gasteiger partial charge in [0.15, 0.2) is 0 Å². The maximum absolute atomic E-state index is 12.6. The van der Waals surface area contributed by atoms with Gasteiger partial charge in [0.05, 0.1) is 6.04 Å². The van der Waals surface area contributed by atoms with Crippen LogP contribution >= 0.6 is 23.2 Å². The van der Waals surface area contributed by atoms with E-state index < -0.39 is 10.4 Å². The van der Waals surface area contributed by atoms with Crippen molar-refractivity contribution in [3.8, 4) is 0 Å². The zero-order chi connectivity index (χ0) is 18.9. The third-order valence-electron chi connectivity index (χ3n) is 4.68. The zero-order valence-corrected chi connectivity index (χ0v) is 15.9. The van der Waals surface area contributed by atoms with Gasteiger partial charge in [-0.15, -0.1) is 0 Å². The normalized spacial score (nSPS) is 17.9. The number of hydrogen-bond acceptors (Lipinski definition) is 1. The van der Waals surface area contributed by atoms with Crippen molar-refractivity contribution in [2.45, 2.75) is 10.4 Å². The van der Waals surface area contributed by atoms with Crippen molar-refractivity contribution in [1.29, 1.82) is 0 Å². The van der Waals surface area contributed by atoms with Crippen LogP contribution < -0.4 is 4.90 Å². The topological polar surface area (TPSA) is 20.3 Å². The number of para-hydroxylation sites is 1. The lowest BCUT2D eigenvalue weighted by Gasteiger charge is -2.48. The summed E-state index contributed by atoms with van der Waals surface area (Å²) in [5.74, 6) is -0.307. The Morgan fingerprint density at radius 1 is 0.778 bits per heavy atom. The predicted molar refractivity (Wildman–Crippen MR) is 112 cm³/mol. The van der Waals surface area contributed by atoms with Gasteiger partial charge < -0.3 is 0 Å². The minimum atomic E-state index is -1.48. The molecule has 0 bridgehead atoms. The smallest absolute Gasteiger partial charge is 0.266 e. The van der Waals surface area contributed by atoms with Crippen LogP contribution in [-0.2, 0) is 4.79 Å². The highest BCUT2D eigenvalue weighted by atomic mass is 35.5. The molecule has 2 nitrogen and oxygen atoms in total. The molecule has 0 spiro atoms. The Hall–Kier alpha value is -2.55. The maximum Gasteiger partial charge on any atom is 0.266 e. The Kier molecular flexibility index (Phi) is 4.77. The van der Waals surface area contributed by atoms with Crippen molar-refractivity contribution in [1.82, 2.24) is 0 Å². The van der Waals surface area contributed by atoms with Crippen LogP contribution in [-0.4, -0.2) is 16.3 Å². The Morgan fingerprint density at radius 2 is 1.22 bits per heavy atom. The molecule has 1 aliphatic rings. The highest BCUT2D eigenvalue weighted by Crippen LogP contribution is 2.45. The van der Waals surface area contributed by atoms with E-state index in [-0.39, 0.29) is 5.91 Å². The van der Waals surface area contributed by atoms with Gasteiger partial charge in [0, 0.05) is 5.69 Å². The molecule has 0 aromatic heterocycles. The van der Waals surface area contributed by atoms with Crippen LogP contribution in [0.2, 0.25) is 0 Å². The summed E-state index contributed by atoms with van der Waals surface area (Å²) >= 11 is 12.8. The highest BCUT2D eigenvalue weighted by molar-refractivity contribution is 6.63. The molecule has 1 atom stereocenters. The fraction of sp³-hybridized carbons (Fsp3) is 0.0870. The standard InChI is InChI=1S/C23H17Cl2NO/c24-23(25)21(26(22(23)27)19-14-8-3-9-15-19)16-20(17-10-4-1-5-11-17)18-12-6-2-7-13-18/h1-16,21H. The summed E-state index contributed by atoms with van der Waals surface area (Å²) in [5.41, 5.74) is 3.85. The average molecular weight is 394 g/mol. The average Bonchev–Trinajstić information content (AvgIpc) is 2.72. The first-order valence-electron chi connectivity index (χ1n) is 8.68. The maximum atomic E-state index is 12.6. The first kappa shape index (κ1) is 17.8. The molecule has 3 aromatic rings. The number of nitrogens with zero attached hydrogens (tertiary/aromatic N) is 1. The first-order valence-corrected chi connectivity index (χ1v) is 9.44. The van der Waals surface area contributed by atoms with Gasteiger partial charge in [0.2, 0.25) is 4.33 Å². The van der Waals surface area contributed by atoms with Gasteiger partial charge in [0.25, 0.3) is 5.91 Å². The molecule has 0 N–H and O–H groups in total. The number of amides is 1. The van der Waals surface area contributed by atoms with E-state index in [9.17, 15) is 4.79 Å². The van der Waals surface area contributed by atoms with Crippen molar-refractivity contribution in [3.63, 3.8) is 0 Å². The number of carbonyl (C=O) groups is 1. The number of halogens is 2. The van der Waals surface area contributed by atoms with Crippen LogP contribution in [0.1, 0.15) is 11.1 Å². The molecule has 1 heterocycles. The van der Waals surface area contributed by atoms with E-state index in [1.807, 2.05) is 97.1 Å². The molecule has 1 aliphatic heterocycles. The Labute approximate surface area is 168 Å². The fourth-order valence-corrected chi connectivity index (χ4v) is 3.81. The van der Waals surface area contributed by atoms with Crippen molar-refractivity contribution in [2.24, 2.45) is 0 Å². The van der Waals surface area contributed by atoms with Gasteiger partial charge in [-0.05, 0) is 34.9 Å². The van der Waals surface area contributed by atoms with Crippen LogP contribution in [0.4, 0.5) is 5.69 Å². The number of rotatable bonds is 4. The fourth-order valence-electron chi connectivity index (χ4n) is 3.31. The lowest BCUT2D eigenvalue weighted by molar-refractivity contribution is -0.124. The second-order valence-electron chi connectivity index (χ2n) is 6.39. The zero-order valence-electron chi connectivity index (χ0n) is 14.4. The molecule has 1 fully saturated rings. The van der Waals surface area contributed by atoms with Crippen molar-refractivity contribution < 1.29 is 4.79 Å². The number of β-lactam (4-membered cyclic amide) rings is 1. The summed E-state index contributed by atoms with van der Waals surface area (Å²) in [6, 6.07) is 29.0. The van der Waals surface area contributed by atoms with E-state index in [1.165, 1.54) is 0 Å². The summed E-state index contributed by atoms with van der Waals surface area (Å²) in [6.45, 7) is 0. The molecule has 1 amide bonds. The number of anilines is 1. The van der Waals surface area contributed by atoms with Crippen molar-refractivity contribution in [2.75, 3.05) is 4.90 Å². The molecular formula is C23H17Cl2NO. The minimum absolute atomic E-state index is 0.307. The molecule has 1 unspecified atom stereocenters. The first-order chi connectivity index (χ1) is 13.1. The molecule has 134 valence electrons. The van der Waals surface area contributed by atoms with Crippen LogP contribution in [0.5, 0.6) is 0 Å². The number of alkyl halides is 2. The Balaban J connectivity index is 1.82. The number of benzene rings is 3. The van der Waals surface area contributed by atoms with Crippen LogP contribution in [0, 0.1) is 0 Å². The predicted octanol–water partition coefficient (Wildman–Crippen LogP) is 5.71. The summed E-state index contributed by atoms with van der Waals surface area (Å²) in [6.07, 6.45) is 1.99.